The standard InChI is InChI=1S/C15H20N4O2/c1-10(2)21-15-13(16)14(18-9-19-15)17-8-12(20)11-6-4-3-5-7-11/h3-7,9-10,12,20H,8,16H2,1-2H3,(H,17,18,19). The number of ether oxygens (including phenoxy) is 1. The van der Waals surface area contributed by atoms with Gasteiger partial charge in [-0.05, 0) is 19.4 Å². The summed E-state index contributed by atoms with van der Waals surface area (Å²) in [4.78, 5) is 8.08. The van der Waals surface area contributed by atoms with Crippen LogP contribution in [0.2, 0.25) is 0 Å². The van der Waals surface area contributed by atoms with Crippen molar-refractivity contribution in [3.8, 4) is 5.88 Å². The van der Waals surface area contributed by atoms with E-state index in [9.17, 15) is 5.11 Å². The molecule has 112 valence electrons. The van der Waals surface area contributed by atoms with Gasteiger partial charge in [-0.25, -0.2) is 4.98 Å². The molecule has 0 saturated carbocycles. The Hall–Kier alpha value is -2.34. The molecule has 0 radical (unpaired) electrons. The summed E-state index contributed by atoms with van der Waals surface area (Å²) in [6.45, 7) is 4.09. The topological polar surface area (TPSA) is 93.3 Å². The average molecular weight is 288 g/mol. The first kappa shape index (κ1) is 15.1. The molecule has 0 aliphatic rings. The molecule has 6 heteroatoms. The maximum Gasteiger partial charge on any atom is 0.242 e. The Kier molecular flexibility index (Phi) is 4.94. The summed E-state index contributed by atoms with van der Waals surface area (Å²) < 4.78 is 5.50. The first-order valence-corrected chi connectivity index (χ1v) is 6.82. The van der Waals surface area contributed by atoms with Gasteiger partial charge in [0.15, 0.2) is 5.82 Å². The molecule has 1 aromatic heterocycles. The van der Waals surface area contributed by atoms with E-state index in [1.54, 1.807) is 0 Å². The second kappa shape index (κ2) is 6.90. The normalized spacial score (nSPS) is 12.2. The number of anilines is 2. The second-order valence-corrected chi connectivity index (χ2v) is 4.92. The Morgan fingerprint density at radius 2 is 1.95 bits per heavy atom. The van der Waals surface area contributed by atoms with Gasteiger partial charge in [0.2, 0.25) is 5.88 Å². The Morgan fingerprint density at radius 3 is 2.62 bits per heavy atom. The number of aliphatic hydroxyl groups excluding tert-OH is 1. The van der Waals surface area contributed by atoms with E-state index in [4.69, 9.17) is 10.5 Å². The number of nitrogen functional groups attached to an aromatic ring is 1. The predicted octanol–water partition coefficient (Wildman–Crippen LogP) is 1.99. The highest BCUT2D eigenvalue weighted by atomic mass is 16.5. The molecule has 4 N–H and O–H groups in total. The molecule has 0 amide bonds. The van der Waals surface area contributed by atoms with Crippen LogP contribution in [0.3, 0.4) is 0 Å². The molecule has 0 fully saturated rings. The molecule has 21 heavy (non-hydrogen) atoms. The van der Waals surface area contributed by atoms with Crippen LogP contribution in [-0.4, -0.2) is 27.7 Å². The summed E-state index contributed by atoms with van der Waals surface area (Å²) in [7, 11) is 0. The monoisotopic (exact) mass is 288 g/mol. The number of aromatic nitrogens is 2. The van der Waals surface area contributed by atoms with Gasteiger partial charge in [-0.1, -0.05) is 30.3 Å². The summed E-state index contributed by atoms with van der Waals surface area (Å²) in [6.07, 6.45) is 0.714. The molecule has 6 nitrogen and oxygen atoms in total. The van der Waals surface area contributed by atoms with Crippen molar-refractivity contribution in [2.24, 2.45) is 0 Å². The Bertz CT molecular complexity index is 575. The van der Waals surface area contributed by atoms with Crippen LogP contribution >= 0.6 is 0 Å². The van der Waals surface area contributed by atoms with Crippen molar-refractivity contribution >= 4 is 11.5 Å². The van der Waals surface area contributed by atoms with E-state index in [1.807, 2.05) is 44.2 Å². The van der Waals surface area contributed by atoms with Crippen molar-refractivity contribution in [3.05, 3.63) is 42.2 Å². The van der Waals surface area contributed by atoms with Gasteiger partial charge in [-0.15, -0.1) is 0 Å². The van der Waals surface area contributed by atoms with E-state index in [0.29, 0.717) is 23.9 Å². The number of hydrogen-bond acceptors (Lipinski definition) is 6. The number of nitrogens with one attached hydrogen (secondary N) is 1. The Morgan fingerprint density at radius 1 is 1.24 bits per heavy atom. The summed E-state index contributed by atoms with van der Waals surface area (Å²) >= 11 is 0. The van der Waals surface area contributed by atoms with Gasteiger partial charge in [-0.3, -0.25) is 0 Å². The quantitative estimate of drug-likeness (QED) is 0.752. The SMILES string of the molecule is CC(C)Oc1ncnc(NCC(O)c2ccccc2)c1N. The number of benzene rings is 1. The molecule has 2 rings (SSSR count). The zero-order valence-corrected chi connectivity index (χ0v) is 12.2. The summed E-state index contributed by atoms with van der Waals surface area (Å²) in [5, 5.41) is 13.1. The third-order valence-corrected chi connectivity index (χ3v) is 2.84. The molecule has 1 atom stereocenters. The molecule has 0 aliphatic heterocycles. The van der Waals surface area contributed by atoms with E-state index in [2.05, 4.69) is 15.3 Å². The third kappa shape index (κ3) is 4.06. The minimum Gasteiger partial charge on any atom is -0.473 e. The summed E-state index contributed by atoms with van der Waals surface area (Å²) in [6, 6.07) is 9.39. The van der Waals surface area contributed by atoms with E-state index in [0.717, 1.165) is 5.56 Å². The smallest absolute Gasteiger partial charge is 0.242 e. The lowest BCUT2D eigenvalue weighted by Crippen LogP contribution is -2.16. The maximum absolute atomic E-state index is 10.1. The van der Waals surface area contributed by atoms with Crippen molar-refractivity contribution < 1.29 is 9.84 Å². The first-order valence-electron chi connectivity index (χ1n) is 6.82. The Labute approximate surface area is 124 Å². The highest BCUT2D eigenvalue weighted by Gasteiger charge is 2.12. The van der Waals surface area contributed by atoms with Gasteiger partial charge in [0, 0.05) is 6.54 Å². The van der Waals surface area contributed by atoms with Crippen LogP contribution in [0.5, 0.6) is 5.88 Å². The van der Waals surface area contributed by atoms with Gasteiger partial charge in [0.1, 0.15) is 12.0 Å². The minimum absolute atomic E-state index is 0.0232. The average Bonchev–Trinajstić information content (AvgIpc) is 2.48. The fraction of sp³-hybridized carbons (Fsp3) is 0.333. The molecule has 1 aromatic carbocycles. The van der Waals surface area contributed by atoms with E-state index < -0.39 is 6.10 Å². The van der Waals surface area contributed by atoms with Gasteiger partial charge in [-0.2, -0.15) is 4.98 Å². The third-order valence-electron chi connectivity index (χ3n) is 2.84. The van der Waals surface area contributed by atoms with Crippen LogP contribution < -0.4 is 15.8 Å². The zero-order chi connectivity index (χ0) is 15.2. The van der Waals surface area contributed by atoms with Crippen LogP contribution in [-0.2, 0) is 0 Å². The number of aliphatic hydroxyl groups is 1. The molecule has 0 bridgehead atoms. The number of hydrogen-bond donors (Lipinski definition) is 3. The van der Waals surface area contributed by atoms with Crippen LogP contribution in [0.25, 0.3) is 0 Å². The largest absolute Gasteiger partial charge is 0.473 e. The molecule has 0 spiro atoms. The molecular weight excluding hydrogens is 268 g/mol. The highest BCUT2D eigenvalue weighted by molar-refractivity contribution is 5.66. The maximum atomic E-state index is 10.1. The van der Waals surface area contributed by atoms with Crippen molar-refractivity contribution in [3.63, 3.8) is 0 Å². The lowest BCUT2D eigenvalue weighted by molar-refractivity contribution is 0.191. The molecular formula is C15H20N4O2. The first-order chi connectivity index (χ1) is 10.1. The highest BCUT2D eigenvalue weighted by Crippen LogP contribution is 2.26. The van der Waals surface area contributed by atoms with Crippen molar-refractivity contribution in [2.45, 2.75) is 26.1 Å². The predicted molar refractivity (Wildman–Crippen MR) is 82.1 cm³/mol. The van der Waals surface area contributed by atoms with Crippen molar-refractivity contribution in [1.29, 1.82) is 0 Å². The number of rotatable bonds is 6. The fourth-order valence-electron chi connectivity index (χ4n) is 1.82. The van der Waals surface area contributed by atoms with Gasteiger partial charge in [0.25, 0.3) is 0 Å². The molecule has 1 unspecified atom stereocenters. The second-order valence-electron chi connectivity index (χ2n) is 4.92. The lowest BCUT2D eigenvalue weighted by atomic mass is 10.1. The van der Waals surface area contributed by atoms with Crippen LogP contribution in [0.1, 0.15) is 25.5 Å². The van der Waals surface area contributed by atoms with E-state index >= 15 is 0 Å². The minimum atomic E-state index is -0.643. The lowest BCUT2D eigenvalue weighted by Gasteiger charge is -2.16. The van der Waals surface area contributed by atoms with Crippen molar-refractivity contribution in [2.75, 3.05) is 17.6 Å². The van der Waals surface area contributed by atoms with Gasteiger partial charge >= 0.3 is 0 Å². The van der Waals surface area contributed by atoms with Crippen molar-refractivity contribution in [1.82, 2.24) is 9.97 Å². The number of nitrogens with two attached hydrogens (primary N) is 1. The molecule has 1 heterocycles. The van der Waals surface area contributed by atoms with Crippen LogP contribution in [0.4, 0.5) is 11.5 Å². The zero-order valence-electron chi connectivity index (χ0n) is 12.2. The summed E-state index contributed by atoms with van der Waals surface area (Å²) in [5.74, 6) is 0.798. The van der Waals surface area contributed by atoms with Gasteiger partial charge < -0.3 is 20.9 Å². The summed E-state index contributed by atoms with van der Waals surface area (Å²) in [5.41, 5.74) is 7.13. The Balaban J connectivity index is 2.03. The fourth-order valence-corrected chi connectivity index (χ4v) is 1.82. The molecule has 0 aliphatic carbocycles. The molecule has 2 aromatic rings. The van der Waals surface area contributed by atoms with Gasteiger partial charge in [0.05, 0.1) is 12.2 Å². The van der Waals surface area contributed by atoms with E-state index in [-0.39, 0.29) is 6.10 Å². The molecule has 0 saturated heterocycles. The number of nitrogens with zero attached hydrogens (tertiary/aromatic N) is 2. The van der Waals surface area contributed by atoms with Crippen LogP contribution in [0.15, 0.2) is 36.7 Å². The van der Waals surface area contributed by atoms with E-state index in [1.165, 1.54) is 6.33 Å². The van der Waals surface area contributed by atoms with Crippen LogP contribution in [0, 0.1) is 0 Å².